The van der Waals surface area contributed by atoms with E-state index in [-0.39, 0.29) is 5.78 Å². The van der Waals surface area contributed by atoms with Crippen molar-refractivity contribution in [3.8, 4) is 0 Å². The van der Waals surface area contributed by atoms with Crippen molar-refractivity contribution in [1.82, 2.24) is 0 Å². The highest BCUT2D eigenvalue weighted by Gasteiger charge is 2.06. The highest BCUT2D eigenvalue weighted by molar-refractivity contribution is 7.81. The van der Waals surface area contributed by atoms with Gasteiger partial charge in [-0.2, -0.15) is 12.6 Å². The predicted molar refractivity (Wildman–Crippen MR) is 36.6 cm³/mol. The quantitative estimate of drug-likeness (QED) is 0.331. The smallest absolute Gasteiger partial charge is 0.163 e. The van der Waals surface area contributed by atoms with Gasteiger partial charge >= 0.3 is 0 Å². The van der Waals surface area contributed by atoms with Crippen LogP contribution < -0.4 is 5.73 Å². The normalized spacial score (nSPS) is 13.2. The molecule has 3 heteroatoms. The summed E-state index contributed by atoms with van der Waals surface area (Å²) in [6.07, 6.45) is 1.04. The van der Waals surface area contributed by atoms with Gasteiger partial charge in [0.2, 0.25) is 0 Å². The van der Waals surface area contributed by atoms with Crippen molar-refractivity contribution in [3.63, 3.8) is 0 Å². The van der Waals surface area contributed by atoms with Gasteiger partial charge in [-0.1, -0.05) is 0 Å². The summed E-state index contributed by atoms with van der Waals surface area (Å²) in [6.45, 7) is 3.50. The highest BCUT2D eigenvalue weighted by Crippen LogP contribution is 1.94. The number of ketones is 1. The van der Waals surface area contributed by atoms with E-state index in [1.807, 2.05) is 0 Å². The summed E-state index contributed by atoms with van der Waals surface area (Å²) in [4.78, 5) is 10.5. The summed E-state index contributed by atoms with van der Waals surface area (Å²) in [5.74, 6) is -0.0386. The zero-order valence-electron chi connectivity index (χ0n) is 4.63. The Kier molecular flexibility index (Phi) is 3.73. The third-order valence-electron chi connectivity index (χ3n) is 0.753. The Hall–Kier alpha value is -0.150. The van der Waals surface area contributed by atoms with Gasteiger partial charge in [-0.05, 0) is 0 Å². The molecule has 0 aromatic carbocycles. The molecule has 0 aliphatic heterocycles. The minimum Gasteiger partial charge on any atom is -0.313 e. The van der Waals surface area contributed by atoms with Gasteiger partial charge in [0.15, 0.2) is 5.78 Å². The zero-order valence-corrected chi connectivity index (χ0v) is 5.53. The Morgan fingerprint density at radius 2 is 2.38 bits per heavy atom. The number of carbonyl (C=O) groups is 1. The summed E-state index contributed by atoms with van der Waals surface area (Å²) in [5, 5.41) is -0.614. The van der Waals surface area contributed by atoms with Crippen molar-refractivity contribution in [3.05, 3.63) is 6.92 Å². The molecule has 0 aliphatic rings. The van der Waals surface area contributed by atoms with Crippen LogP contribution >= 0.6 is 12.6 Å². The fourth-order valence-electron chi connectivity index (χ4n) is 0.322. The van der Waals surface area contributed by atoms with Gasteiger partial charge in [-0.25, -0.2) is 0 Å². The lowest BCUT2D eigenvalue weighted by atomic mass is 10.2. The van der Waals surface area contributed by atoms with Crippen molar-refractivity contribution in [2.24, 2.45) is 5.73 Å². The maximum Gasteiger partial charge on any atom is 0.163 e. The monoisotopic (exact) mass is 132 g/mol. The average molecular weight is 132 g/mol. The second-order valence-corrected chi connectivity index (χ2v) is 2.07. The first-order valence-corrected chi connectivity index (χ1v) is 2.95. The molecule has 2 N–H and O–H groups in total. The van der Waals surface area contributed by atoms with Gasteiger partial charge < -0.3 is 5.73 Å². The van der Waals surface area contributed by atoms with E-state index >= 15 is 0 Å². The Bertz CT molecular complexity index is 82.5. The molecule has 0 rings (SSSR count). The van der Waals surface area contributed by atoms with Gasteiger partial charge in [-0.15, -0.1) is 0 Å². The molecule has 0 amide bonds. The fourth-order valence-corrected chi connectivity index (χ4v) is 0.451. The molecule has 0 saturated carbocycles. The molecular weight excluding hydrogens is 122 g/mol. The molecule has 0 heterocycles. The molecule has 0 radical (unpaired) electrons. The van der Waals surface area contributed by atoms with Gasteiger partial charge in [0.25, 0.3) is 0 Å². The molecule has 8 heavy (non-hydrogen) atoms. The lowest BCUT2D eigenvalue weighted by Crippen LogP contribution is -2.23. The third-order valence-corrected chi connectivity index (χ3v) is 1.04. The topological polar surface area (TPSA) is 43.1 Å². The lowest BCUT2D eigenvalue weighted by molar-refractivity contribution is -0.118. The number of hydrogen-bond acceptors (Lipinski definition) is 3. The van der Waals surface area contributed by atoms with E-state index in [2.05, 4.69) is 19.6 Å². The Balaban J connectivity index is 3.33. The lowest BCUT2D eigenvalue weighted by Gasteiger charge is -1.96. The molecule has 0 spiro atoms. The number of nitrogens with two attached hydrogens (primary N) is 1. The van der Waals surface area contributed by atoms with Crippen LogP contribution in [0.15, 0.2) is 0 Å². The van der Waals surface area contributed by atoms with E-state index in [4.69, 9.17) is 5.73 Å². The Labute approximate surface area is 54.9 Å². The first kappa shape index (κ1) is 7.85. The second-order valence-electron chi connectivity index (χ2n) is 1.51. The molecular formula is C5H10NOS+. The SMILES string of the molecule is [CH2+]CCC(=O)C(N)S. The van der Waals surface area contributed by atoms with Crippen LogP contribution in [0.2, 0.25) is 0 Å². The molecule has 0 aliphatic carbocycles. The summed E-state index contributed by atoms with van der Waals surface area (Å²) in [7, 11) is 0. The third kappa shape index (κ3) is 2.93. The Morgan fingerprint density at radius 3 is 2.50 bits per heavy atom. The maximum atomic E-state index is 10.5. The van der Waals surface area contributed by atoms with Gasteiger partial charge in [-0.3, -0.25) is 4.79 Å². The molecule has 0 bridgehead atoms. The van der Waals surface area contributed by atoms with Crippen LogP contribution in [0.5, 0.6) is 0 Å². The van der Waals surface area contributed by atoms with Crippen LogP contribution in [-0.2, 0) is 4.79 Å². The molecule has 0 aromatic rings. The van der Waals surface area contributed by atoms with Gasteiger partial charge in [0, 0.05) is 6.42 Å². The van der Waals surface area contributed by atoms with E-state index in [1.54, 1.807) is 0 Å². The van der Waals surface area contributed by atoms with E-state index in [9.17, 15) is 4.79 Å². The van der Waals surface area contributed by atoms with Crippen molar-refractivity contribution in [2.45, 2.75) is 18.2 Å². The van der Waals surface area contributed by atoms with Crippen LogP contribution in [0, 0.1) is 6.92 Å². The average Bonchev–Trinajstić information content (AvgIpc) is 1.67. The van der Waals surface area contributed by atoms with Crippen LogP contribution in [0.4, 0.5) is 0 Å². The van der Waals surface area contributed by atoms with E-state index in [1.165, 1.54) is 0 Å². The zero-order chi connectivity index (χ0) is 6.57. The second kappa shape index (κ2) is 3.80. The number of thiol groups is 1. The van der Waals surface area contributed by atoms with Crippen molar-refractivity contribution in [1.29, 1.82) is 0 Å². The predicted octanol–water partition coefficient (Wildman–Crippen LogP) is 0.384. The van der Waals surface area contributed by atoms with E-state index in [0.29, 0.717) is 12.8 Å². The van der Waals surface area contributed by atoms with E-state index < -0.39 is 5.37 Å². The largest absolute Gasteiger partial charge is 0.313 e. The van der Waals surface area contributed by atoms with E-state index in [0.717, 1.165) is 0 Å². The van der Waals surface area contributed by atoms with Crippen molar-refractivity contribution < 1.29 is 4.79 Å². The van der Waals surface area contributed by atoms with Crippen molar-refractivity contribution in [2.75, 3.05) is 0 Å². The molecule has 2 nitrogen and oxygen atoms in total. The van der Waals surface area contributed by atoms with Crippen LogP contribution in [0.25, 0.3) is 0 Å². The standard InChI is InChI=1S/C5H9NOS/c1-2-3-4(7)5(6)8/h5H,1-3,6H2/p+1. The molecule has 0 aromatic heterocycles. The van der Waals surface area contributed by atoms with Gasteiger partial charge in [0.05, 0.1) is 13.3 Å². The molecule has 0 fully saturated rings. The molecule has 1 unspecified atom stereocenters. The molecule has 0 saturated heterocycles. The number of hydrogen-bond donors (Lipinski definition) is 2. The number of carbonyl (C=O) groups excluding carboxylic acids is 1. The Morgan fingerprint density at radius 1 is 1.88 bits per heavy atom. The summed E-state index contributed by atoms with van der Waals surface area (Å²) in [5.41, 5.74) is 5.11. The summed E-state index contributed by atoms with van der Waals surface area (Å²) < 4.78 is 0. The summed E-state index contributed by atoms with van der Waals surface area (Å²) in [6, 6.07) is 0. The summed E-state index contributed by atoms with van der Waals surface area (Å²) >= 11 is 3.73. The van der Waals surface area contributed by atoms with Crippen LogP contribution in [0.3, 0.4) is 0 Å². The van der Waals surface area contributed by atoms with Crippen LogP contribution in [-0.4, -0.2) is 11.2 Å². The van der Waals surface area contributed by atoms with Gasteiger partial charge in [0.1, 0.15) is 5.37 Å². The minimum atomic E-state index is -0.614. The maximum absolute atomic E-state index is 10.5. The van der Waals surface area contributed by atoms with Crippen molar-refractivity contribution >= 4 is 18.4 Å². The molecule has 1 atom stereocenters. The first-order chi connectivity index (χ1) is 3.68. The number of rotatable bonds is 3. The number of Topliss-reactive ketones (excluding diaryl/α,β-unsaturated/α-hetero) is 1. The van der Waals surface area contributed by atoms with Crippen LogP contribution in [0.1, 0.15) is 12.8 Å². The minimum absolute atomic E-state index is 0.0386. The fraction of sp³-hybridized carbons (Fsp3) is 0.600. The first-order valence-electron chi connectivity index (χ1n) is 2.44. The molecule has 46 valence electrons. The highest BCUT2D eigenvalue weighted by atomic mass is 32.1.